The van der Waals surface area contributed by atoms with E-state index in [0.29, 0.717) is 11.7 Å². The van der Waals surface area contributed by atoms with Crippen LogP contribution in [0.2, 0.25) is 0 Å². The minimum atomic E-state index is -0.427. The Morgan fingerprint density at radius 1 is 1.10 bits per heavy atom. The van der Waals surface area contributed by atoms with Gasteiger partial charge in [0.05, 0.1) is 5.69 Å². The SMILES string of the molecule is N#Cc1c(F)cccc1NC1CCC2CCCCC2C1. The zero-order valence-corrected chi connectivity index (χ0v) is 11.7. The number of hydrogen-bond acceptors (Lipinski definition) is 2. The monoisotopic (exact) mass is 272 g/mol. The van der Waals surface area contributed by atoms with Gasteiger partial charge in [-0.1, -0.05) is 31.7 Å². The number of nitriles is 1. The van der Waals surface area contributed by atoms with E-state index in [2.05, 4.69) is 5.32 Å². The van der Waals surface area contributed by atoms with Crippen molar-refractivity contribution >= 4 is 5.69 Å². The molecule has 2 aliphatic rings. The van der Waals surface area contributed by atoms with Gasteiger partial charge in [0, 0.05) is 6.04 Å². The van der Waals surface area contributed by atoms with E-state index in [9.17, 15) is 4.39 Å². The molecular formula is C17H21FN2. The summed E-state index contributed by atoms with van der Waals surface area (Å²) in [5.41, 5.74) is 0.810. The van der Waals surface area contributed by atoms with E-state index in [1.54, 1.807) is 6.07 Å². The molecule has 3 heteroatoms. The molecule has 0 amide bonds. The molecule has 20 heavy (non-hydrogen) atoms. The number of nitrogens with zero attached hydrogens (tertiary/aromatic N) is 1. The predicted molar refractivity (Wildman–Crippen MR) is 77.8 cm³/mol. The highest BCUT2D eigenvalue weighted by molar-refractivity contribution is 5.58. The number of hydrogen-bond donors (Lipinski definition) is 1. The molecule has 0 aliphatic heterocycles. The van der Waals surface area contributed by atoms with Crippen LogP contribution in [0, 0.1) is 29.0 Å². The summed E-state index contributed by atoms with van der Waals surface area (Å²) in [7, 11) is 0. The molecule has 2 fully saturated rings. The van der Waals surface area contributed by atoms with Gasteiger partial charge in [0.15, 0.2) is 0 Å². The fraction of sp³-hybridized carbons (Fsp3) is 0.588. The Bertz CT molecular complexity index is 520. The minimum absolute atomic E-state index is 0.151. The first-order chi connectivity index (χ1) is 9.78. The van der Waals surface area contributed by atoms with Crippen LogP contribution in [0.1, 0.15) is 50.5 Å². The number of benzene rings is 1. The van der Waals surface area contributed by atoms with Crippen molar-refractivity contribution in [1.29, 1.82) is 5.26 Å². The molecule has 2 saturated carbocycles. The molecule has 0 bridgehead atoms. The molecule has 1 aromatic rings. The van der Waals surface area contributed by atoms with E-state index in [4.69, 9.17) is 5.26 Å². The topological polar surface area (TPSA) is 35.8 Å². The van der Waals surface area contributed by atoms with Gasteiger partial charge in [0.25, 0.3) is 0 Å². The third-order valence-corrected chi connectivity index (χ3v) is 5.02. The van der Waals surface area contributed by atoms with Gasteiger partial charge in [-0.15, -0.1) is 0 Å². The Hall–Kier alpha value is -1.56. The number of halogens is 1. The lowest BCUT2D eigenvalue weighted by Gasteiger charge is -2.39. The van der Waals surface area contributed by atoms with Crippen LogP contribution in [0.3, 0.4) is 0 Å². The summed E-state index contributed by atoms with van der Waals surface area (Å²) in [5.74, 6) is 1.31. The first-order valence-electron chi connectivity index (χ1n) is 7.73. The second-order valence-corrected chi connectivity index (χ2v) is 6.23. The number of fused-ring (bicyclic) bond motifs is 1. The van der Waals surface area contributed by atoms with E-state index in [1.807, 2.05) is 12.1 Å². The average Bonchev–Trinajstić information content (AvgIpc) is 2.47. The molecule has 0 spiro atoms. The molecule has 0 saturated heterocycles. The van der Waals surface area contributed by atoms with Gasteiger partial charge in [0.2, 0.25) is 0 Å². The summed E-state index contributed by atoms with van der Waals surface area (Å²) in [6, 6.07) is 7.20. The van der Waals surface area contributed by atoms with Crippen LogP contribution in [0.15, 0.2) is 18.2 Å². The van der Waals surface area contributed by atoms with E-state index in [0.717, 1.165) is 18.3 Å². The van der Waals surface area contributed by atoms with Crippen LogP contribution in [-0.2, 0) is 0 Å². The number of nitrogens with one attached hydrogen (secondary N) is 1. The Balaban J connectivity index is 1.70. The highest BCUT2D eigenvalue weighted by Gasteiger charge is 2.32. The van der Waals surface area contributed by atoms with Crippen molar-refractivity contribution in [2.75, 3.05) is 5.32 Å². The number of rotatable bonds is 2. The van der Waals surface area contributed by atoms with Crippen LogP contribution in [0.25, 0.3) is 0 Å². The summed E-state index contributed by atoms with van der Waals surface area (Å²) in [5, 5.41) is 12.5. The second-order valence-electron chi connectivity index (χ2n) is 6.23. The minimum Gasteiger partial charge on any atom is -0.381 e. The fourth-order valence-electron chi connectivity index (χ4n) is 3.98. The van der Waals surface area contributed by atoms with E-state index < -0.39 is 5.82 Å². The molecular weight excluding hydrogens is 251 g/mol. The Morgan fingerprint density at radius 2 is 1.90 bits per heavy atom. The van der Waals surface area contributed by atoms with Gasteiger partial charge in [0.1, 0.15) is 17.4 Å². The molecule has 3 unspecified atom stereocenters. The predicted octanol–water partition coefficient (Wildman–Crippen LogP) is 4.47. The van der Waals surface area contributed by atoms with E-state index in [-0.39, 0.29) is 5.56 Å². The van der Waals surface area contributed by atoms with E-state index >= 15 is 0 Å². The van der Waals surface area contributed by atoms with Gasteiger partial charge in [-0.05, 0) is 43.2 Å². The molecule has 3 rings (SSSR count). The van der Waals surface area contributed by atoms with E-state index in [1.165, 1.54) is 44.6 Å². The molecule has 2 aliphatic carbocycles. The van der Waals surface area contributed by atoms with Crippen molar-refractivity contribution in [2.24, 2.45) is 11.8 Å². The van der Waals surface area contributed by atoms with Gasteiger partial charge in [-0.3, -0.25) is 0 Å². The average molecular weight is 272 g/mol. The normalized spacial score (nSPS) is 29.3. The van der Waals surface area contributed by atoms with Crippen LogP contribution in [0.5, 0.6) is 0 Å². The van der Waals surface area contributed by atoms with Gasteiger partial charge >= 0.3 is 0 Å². The smallest absolute Gasteiger partial charge is 0.143 e. The zero-order valence-electron chi connectivity index (χ0n) is 11.7. The number of anilines is 1. The molecule has 1 N–H and O–H groups in total. The van der Waals surface area contributed by atoms with Crippen molar-refractivity contribution in [3.63, 3.8) is 0 Å². The Morgan fingerprint density at radius 3 is 2.70 bits per heavy atom. The first kappa shape index (κ1) is 13.4. The maximum Gasteiger partial charge on any atom is 0.143 e. The quantitative estimate of drug-likeness (QED) is 0.862. The van der Waals surface area contributed by atoms with Gasteiger partial charge < -0.3 is 5.32 Å². The fourth-order valence-corrected chi connectivity index (χ4v) is 3.98. The Labute approximate surface area is 120 Å². The van der Waals surface area contributed by atoms with Crippen LogP contribution < -0.4 is 5.32 Å². The summed E-state index contributed by atoms with van der Waals surface area (Å²) >= 11 is 0. The third-order valence-electron chi connectivity index (χ3n) is 5.02. The highest BCUT2D eigenvalue weighted by Crippen LogP contribution is 2.41. The lowest BCUT2D eigenvalue weighted by molar-refractivity contribution is 0.162. The lowest BCUT2D eigenvalue weighted by Crippen LogP contribution is -2.34. The maximum absolute atomic E-state index is 13.6. The molecule has 2 nitrogen and oxygen atoms in total. The molecule has 3 atom stereocenters. The van der Waals surface area contributed by atoms with Crippen molar-refractivity contribution in [3.8, 4) is 6.07 Å². The summed E-state index contributed by atoms with van der Waals surface area (Å²) in [6.45, 7) is 0. The van der Waals surface area contributed by atoms with Crippen molar-refractivity contribution < 1.29 is 4.39 Å². The van der Waals surface area contributed by atoms with Crippen LogP contribution in [0.4, 0.5) is 10.1 Å². The standard InChI is InChI=1S/C17H21FN2/c18-16-6-3-7-17(15(16)11-19)20-14-9-8-12-4-1-2-5-13(12)10-14/h3,6-7,12-14,20H,1-2,4-5,8-10H2. The lowest BCUT2D eigenvalue weighted by atomic mass is 9.69. The van der Waals surface area contributed by atoms with Gasteiger partial charge in [-0.25, -0.2) is 4.39 Å². The van der Waals surface area contributed by atoms with Crippen LogP contribution >= 0.6 is 0 Å². The van der Waals surface area contributed by atoms with Gasteiger partial charge in [-0.2, -0.15) is 5.26 Å². The zero-order chi connectivity index (χ0) is 13.9. The van der Waals surface area contributed by atoms with Crippen molar-refractivity contribution in [3.05, 3.63) is 29.6 Å². The van der Waals surface area contributed by atoms with Crippen LogP contribution in [-0.4, -0.2) is 6.04 Å². The van der Waals surface area contributed by atoms with Crippen molar-refractivity contribution in [1.82, 2.24) is 0 Å². The molecule has 1 aromatic carbocycles. The molecule has 0 radical (unpaired) electrons. The second kappa shape index (κ2) is 5.83. The third kappa shape index (κ3) is 2.65. The molecule has 0 aromatic heterocycles. The summed E-state index contributed by atoms with van der Waals surface area (Å²) in [4.78, 5) is 0. The summed E-state index contributed by atoms with van der Waals surface area (Å²) in [6.07, 6.45) is 9.07. The largest absolute Gasteiger partial charge is 0.381 e. The maximum atomic E-state index is 13.6. The van der Waals surface area contributed by atoms with Crippen molar-refractivity contribution in [2.45, 2.75) is 51.0 Å². The first-order valence-corrected chi connectivity index (χ1v) is 7.73. The molecule has 106 valence electrons. The summed E-state index contributed by atoms with van der Waals surface area (Å²) < 4.78 is 13.6. The Kier molecular flexibility index (Phi) is 3.91. The molecule has 0 heterocycles. The highest BCUT2D eigenvalue weighted by atomic mass is 19.1.